The molecular weight excluding hydrogens is 400 g/mol. The highest BCUT2D eigenvalue weighted by atomic mass is 16.2. The number of hydrogen-bond acceptors (Lipinski definition) is 3. The van der Waals surface area contributed by atoms with Crippen LogP contribution in [0.5, 0.6) is 0 Å². The van der Waals surface area contributed by atoms with Gasteiger partial charge in [-0.3, -0.25) is 9.79 Å². The number of aromatic nitrogens is 2. The Morgan fingerprint density at radius 2 is 1.81 bits per heavy atom. The number of guanidine groups is 1. The van der Waals surface area contributed by atoms with Crippen molar-refractivity contribution < 1.29 is 4.79 Å². The van der Waals surface area contributed by atoms with E-state index in [2.05, 4.69) is 32.9 Å². The Morgan fingerprint density at radius 1 is 1.06 bits per heavy atom. The van der Waals surface area contributed by atoms with Crippen LogP contribution in [-0.4, -0.2) is 53.2 Å². The lowest BCUT2D eigenvalue weighted by Gasteiger charge is -2.17. The van der Waals surface area contributed by atoms with E-state index in [1.807, 2.05) is 70.4 Å². The summed E-state index contributed by atoms with van der Waals surface area (Å²) in [5.41, 5.74) is 3.23. The molecule has 32 heavy (non-hydrogen) atoms. The van der Waals surface area contributed by atoms with Crippen molar-refractivity contribution >= 4 is 11.9 Å². The fourth-order valence-corrected chi connectivity index (χ4v) is 3.93. The molecule has 2 aromatic carbocycles. The van der Waals surface area contributed by atoms with Crippen molar-refractivity contribution in [1.82, 2.24) is 25.3 Å². The molecule has 3 aromatic rings. The molecule has 1 saturated heterocycles. The van der Waals surface area contributed by atoms with Crippen LogP contribution in [0.15, 0.2) is 77.9 Å². The Kier molecular flexibility index (Phi) is 7.17. The second-order valence-electron chi connectivity index (χ2n) is 8.04. The van der Waals surface area contributed by atoms with E-state index < -0.39 is 0 Å². The van der Waals surface area contributed by atoms with Crippen LogP contribution in [0.1, 0.15) is 17.7 Å². The van der Waals surface area contributed by atoms with E-state index in [0.717, 1.165) is 36.9 Å². The number of hydrogen-bond donors (Lipinski definition) is 2. The standard InChI is InChI=1S/C25H30N6O/c1-26-25(28-18-22-13-15-31(29-22)23-10-6-3-7-11-23)27-17-21-16-24(32)30(19-21)14-12-20-8-4-2-5-9-20/h2-11,13,15,21H,12,14,16-19H2,1H3,(H2,26,27,28). The summed E-state index contributed by atoms with van der Waals surface area (Å²) in [6.45, 7) is 2.85. The maximum Gasteiger partial charge on any atom is 0.223 e. The van der Waals surface area contributed by atoms with Gasteiger partial charge in [0.25, 0.3) is 0 Å². The van der Waals surface area contributed by atoms with Crippen molar-refractivity contribution in [3.8, 4) is 5.69 Å². The molecule has 1 amide bonds. The lowest BCUT2D eigenvalue weighted by Crippen LogP contribution is -2.40. The van der Waals surface area contributed by atoms with Gasteiger partial charge in [-0.05, 0) is 30.2 Å². The normalized spacial score (nSPS) is 16.4. The van der Waals surface area contributed by atoms with Gasteiger partial charge in [0.15, 0.2) is 5.96 Å². The van der Waals surface area contributed by atoms with Gasteiger partial charge in [0, 0.05) is 45.2 Å². The quantitative estimate of drug-likeness (QED) is 0.426. The van der Waals surface area contributed by atoms with Crippen LogP contribution in [0.25, 0.3) is 5.69 Å². The number of nitrogens with zero attached hydrogens (tertiary/aromatic N) is 4. The number of carbonyl (C=O) groups is 1. The fourth-order valence-electron chi connectivity index (χ4n) is 3.93. The Bertz CT molecular complexity index is 1030. The number of para-hydroxylation sites is 1. The summed E-state index contributed by atoms with van der Waals surface area (Å²) in [6.07, 6.45) is 3.43. The Labute approximate surface area is 189 Å². The zero-order valence-electron chi connectivity index (χ0n) is 18.4. The van der Waals surface area contributed by atoms with Crippen molar-refractivity contribution in [1.29, 1.82) is 0 Å². The molecule has 4 rings (SSSR count). The van der Waals surface area contributed by atoms with Crippen LogP contribution in [0.4, 0.5) is 0 Å². The Balaban J connectivity index is 1.21. The van der Waals surface area contributed by atoms with Gasteiger partial charge in [0.1, 0.15) is 0 Å². The van der Waals surface area contributed by atoms with E-state index in [4.69, 9.17) is 0 Å². The van der Waals surface area contributed by atoms with Crippen LogP contribution in [-0.2, 0) is 17.8 Å². The summed E-state index contributed by atoms with van der Waals surface area (Å²) in [5.74, 6) is 1.24. The summed E-state index contributed by atoms with van der Waals surface area (Å²) in [5, 5.41) is 11.3. The third-order valence-corrected chi connectivity index (χ3v) is 5.69. The molecule has 166 valence electrons. The molecule has 7 nitrogen and oxygen atoms in total. The fraction of sp³-hybridized carbons (Fsp3) is 0.320. The minimum absolute atomic E-state index is 0.238. The van der Waals surface area contributed by atoms with Crippen LogP contribution in [0.3, 0.4) is 0 Å². The second kappa shape index (κ2) is 10.6. The molecule has 1 fully saturated rings. The van der Waals surface area contributed by atoms with E-state index in [0.29, 0.717) is 19.5 Å². The number of carbonyl (C=O) groups excluding carboxylic acids is 1. The molecule has 1 unspecified atom stereocenters. The summed E-state index contributed by atoms with van der Waals surface area (Å²) in [6, 6.07) is 22.3. The van der Waals surface area contributed by atoms with Crippen molar-refractivity contribution in [2.24, 2.45) is 10.9 Å². The minimum atomic E-state index is 0.238. The smallest absolute Gasteiger partial charge is 0.223 e. The number of rotatable bonds is 8. The van der Waals surface area contributed by atoms with Crippen LogP contribution < -0.4 is 10.6 Å². The van der Waals surface area contributed by atoms with Gasteiger partial charge in [-0.25, -0.2) is 4.68 Å². The number of nitrogens with one attached hydrogen (secondary N) is 2. The molecule has 2 N–H and O–H groups in total. The number of aliphatic imine (C=N–C) groups is 1. The van der Waals surface area contributed by atoms with Gasteiger partial charge in [0.05, 0.1) is 17.9 Å². The summed E-state index contributed by atoms with van der Waals surface area (Å²) >= 11 is 0. The van der Waals surface area contributed by atoms with E-state index in [-0.39, 0.29) is 11.8 Å². The molecule has 1 atom stereocenters. The molecule has 0 saturated carbocycles. The Hall–Kier alpha value is -3.61. The molecule has 0 aliphatic carbocycles. The van der Waals surface area contributed by atoms with Gasteiger partial charge < -0.3 is 15.5 Å². The zero-order chi connectivity index (χ0) is 22.2. The van der Waals surface area contributed by atoms with Crippen molar-refractivity contribution in [2.75, 3.05) is 26.7 Å². The molecule has 0 spiro atoms. The maximum atomic E-state index is 12.4. The lowest BCUT2D eigenvalue weighted by molar-refractivity contribution is -0.127. The van der Waals surface area contributed by atoms with Crippen LogP contribution >= 0.6 is 0 Å². The first kappa shape index (κ1) is 21.6. The van der Waals surface area contributed by atoms with Crippen LogP contribution in [0, 0.1) is 5.92 Å². The summed E-state index contributed by atoms with van der Waals surface area (Å²) in [4.78, 5) is 18.7. The van der Waals surface area contributed by atoms with E-state index in [9.17, 15) is 4.79 Å². The predicted octanol–water partition coefficient (Wildman–Crippen LogP) is 2.63. The molecule has 0 bridgehead atoms. The first-order valence-corrected chi connectivity index (χ1v) is 11.1. The molecular formula is C25H30N6O. The average molecular weight is 431 g/mol. The monoisotopic (exact) mass is 430 g/mol. The largest absolute Gasteiger partial charge is 0.356 e. The SMILES string of the molecule is CN=C(NCc1ccn(-c2ccccc2)n1)NCC1CC(=O)N(CCc2ccccc2)C1. The van der Waals surface area contributed by atoms with E-state index in [1.54, 1.807) is 7.05 Å². The van der Waals surface area contributed by atoms with E-state index in [1.165, 1.54) is 5.56 Å². The molecule has 2 heterocycles. The molecule has 1 aliphatic rings. The Morgan fingerprint density at radius 3 is 2.56 bits per heavy atom. The minimum Gasteiger partial charge on any atom is -0.356 e. The predicted molar refractivity (Wildman–Crippen MR) is 127 cm³/mol. The van der Waals surface area contributed by atoms with Crippen molar-refractivity contribution in [3.63, 3.8) is 0 Å². The molecule has 1 aromatic heterocycles. The molecule has 0 radical (unpaired) electrons. The highest BCUT2D eigenvalue weighted by Crippen LogP contribution is 2.17. The van der Waals surface area contributed by atoms with Crippen molar-refractivity contribution in [2.45, 2.75) is 19.4 Å². The number of amides is 1. The number of benzene rings is 2. The highest BCUT2D eigenvalue weighted by Gasteiger charge is 2.29. The van der Waals surface area contributed by atoms with E-state index >= 15 is 0 Å². The van der Waals surface area contributed by atoms with Gasteiger partial charge in [-0.2, -0.15) is 5.10 Å². The summed E-state index contributed by atoms with van der Waals surface area (Å²) < 4.78 is 1.86. The van der Waals surface area contributed by atoms with Gasteiger partial charge >= 0.3 is 0 Å². The topological polar surface area (TPSA) is 74.5 Å². The van der Waals surface area contributed by atoms with Crippen molar-refractivity contribution in [3.05, 3.63) is 84.2 Å². The third-order valence-electron chi connectivity index (χ3n) is 5.69. The average Bonchev–Trinajstić information content (AvgIpc) is 3.45. The zero-order valence-corrected chi connectivity index (χ0v) is 18.4. The first-order chi connectivity index (χ1) is 15.7. The highest BCUT2D eigenvalue weighted by molar-refractivity contribution is 5.80. The van der Waals surface area contributed by atoms with Gasteiger partial charge in [-0.15, -0.1) is 0 Å². The first-order valence-electron chi connectivity index (χ1n) is 11.1. The lowest BCUT2D eigenvalue weighted by atomic mass is 10.1. The molecule has 7 heteroatoms. The molecule has 1 aliphatic heterocycles. The maximum absolute atomic E-state index is 12.4. The summed E-state index contributed by atoms with van der Waals surface area (Å²) in [7, 11) is 1.75. The number of likely N-dealkylation sites (tertiary alicyclic amines) is 1. The second-order valence-corrected chi connectivity index (χ2v) is 8.04. The van der Waals surface area contributed by atoms with Gasteiger partial charge in [0.2, 0.25) is 5.91 Å². The third kappa shape index (κ3) is 5.75. The van der Waals surface area contributed by atoms with Crippen LogP contribution in [0.2, 0.25) is 0 Å². The van der Waals surface area contributed by atoms with Gasteiger partial charge in [-0.1, -0.05) is 48.5 Å².